The molecule has 4 aliphatic carbocycles. The molecule has 0 saturated heterocycles. The van der Waals surface area contributed by atoms with E-state index in [4.69, 9.17) is 0 Å². The summed E-state index contributed by atoms with van der Waals surface area (Å²) in [7, 11) is 0. The van der Waals surface area contributed by atoms with Crippen LogP contribution in [0.25, 0.3) is 43.1 Å². The number of benzene rings is 8. The van der Waals surface area contributed by atoms with Gasteiger partial charge >= 0.3 is 0 Å². The molecule has 0 heterocycles. The van der Waals surface area contributed by atoms with Gasteiger partial charge in [0.25, 0.3) is 0 Å². The Hall–Kier alpha value is -5.20. The SMILES string of the molecule is c1ccc2c(c1)=c1c3ccccc3c(c3ccccc13)=c1ccccc1=c1c3ccccc3c=2c2ccccc12. The second-order valence-corrected chi connectivity index (χ2v) is 10.8. The topological polar surface area (TPSA) is 0 Å². The normalized spacial score (nSPS) is 12.0. The van der Waals surface area contributed by atoms with Crippen molar-refractivity contribution in [1.29, 1.82) is 0 Å². The minimum Gasteiger partial charge on any atom is -0.0616 e. The first kappa shape index (κ1) is 21.7. The van der Waals surface area contributed by atoms with Crippen molar-refractivity contribution in [3.05, 3.63) is 187 Å². The lowest BCUT2D eigenvalue weighted by Gasteiger charge is -2.12. The van der Waals surface area contributed by atoms with Crippen LogP contribution >= 0.6 is 0 Å². The molecule has 0 unspecified atom stereocenters. The van der Waals surface area contributed by atoms with Crippen LogP contribution < -0.4 is 0 Å². The summed E-state index contributed by atoms with van der Waals surface area (Å²) in [6.07, 6.45) is 0. The van der Waals surface area contributed by atoms with Crippen molar-refractivity contribution in [2.24, 2.45) is 0 Å². The highest BCUT2D eigenvalue weighted by Gasteiger charge is 2.12. The second-order valence-electron chi connectivity index (χ2n) is 10.8. The molecule has 4 bridgehead atoms. The molecule has 8 aromatic carbocycles. The predicted octanol–water partition coefficient (Wildman–Crippen LogP) is 9.76. The van der Waals surface area contributed by atoms with Crippen molar-refractivity contribution in [2.45, 2.75) is 0 Å². The Kier molecular flexibility index (Phi) is 4.42. The van der Waals surface area contributed by atoms with Gasteiger partial charge in [0.15, 0.2) is 0 Å². The number of hydrogen-bond acceptors (Lipinski definition) is 0. The smallest absolute Gasteiger partial charge is 0.00201 e. The summed E-state index contributed by atoms with van der Waals surface area (Å²) < 4.78 is 0. The highest BCUT2D eigenvalue weighted by atomic mass is 14.1. The molecule has 40 heavy (non-hydrogen) atoms. The van der Waals surface area contributed by atoms with Crippen molar-refractivity contribution in [3.8, 4) is 0 Å². The van der Waals surface area contributed by atoms with Crippen molar-refractivity contribution in [1.82, 2.24) is 0 Å². The molecule has 4 aliphatic rings. The number of hydrogen-bond donors (Lipinski definition) is 0. The molecule has 0 fully saturated rings. The summed E-state index contributed by atoms with van der Waals surface area (Å²) in [5, 5.41) is 20.7. The molecule has 0 N–H and O–H groups in total. The average Bonchev–Trinajstić information content (AvgIpc) is 3.02. The molecular weight excluding hydrogens is 480 g/mol. The van der Waals surface area contributed by atoms with Gasteiger partial charge in [-0.05, 0) is 84.8 Å². The van der Waals surface area contributed by atoms with Crippen LogP contribution in [0.3, 0.4) is 0 Å². The first-order chi connectivity index (χ1) is 19.9. The Labute approximate surface area is 230 Å². The highest BCUT2D eigenvalue weighted by molar-refractivity contribution is 6.02. The summed E-state index contributed by atoms with van der Waals surface area (Å²) >= 11 is 0. The summed E-state index contributed by atoms with van der Waals surface area (Å²) in [5.41, 5.74) is 0. The lowest BCUT2D eigenvalue weighted by Crippen LogP contribution is -1.93. The third kappa shape index (κ3) is 2.80. The molecule has 0 amide bonds. The minimum absolute atomic E-state index is 1.28. The van der Waals surface area contributed by atoms with Gasteiger partial charge in [-0.15, -0.1) is 0 Å². The maximum Gasteiger partial charge on any atom is -0.00201 e. The van der Waals surface area contributed by atoms with Gasteiger partial charge in [0.05, 0.1) is 0 Å². The zero-order valence-corrected chi connectivity index (χ0v) is 21.9. The van der Waals surface area contributed by atoms with Gasteiger partial charge in [-0.2, -0.15) is 0 Å². The van der Waals surface area contributed by atoms with Crippen LogP contribution in [0.1, 0.15) is 0 Å². The van der Waals surface area contributed by atoms with Crippen LogP contribution in [-0.2, 0) is 0 Å². The molecule has 8 aromatic rings. The monoisotopic (exact) mass is 504 g/mol. The largest absolute Gasteiger partial charge is 0.0616 e. The molecule has 184 valence electrons. The van der Waals surface area contributed by atoms with E-state index in [-0.39, 0.29) is 0 Å². The molecular formula is C40H24. The third-order valence-electron chi connectivity index (χ3n) is 8.79. The fourth-order valence-corrected chi connectivity index (χ4v) is 7.26. The lowest BCUT2D eigenvalue weighted by molar-refractivity contribution is 1.42. The zero-order chi connectivity index (χ0) is 26.2. The molecule has 0 aromatic heterocycles. The van der Waals surface area contributed by atoms with Crippen molar-refractivity contribution in [2.75, 3.05) is 0 Å². The fraction of sp³-hybridized carbons (Fsp3) is 0. The van der Waals surface area contributed by atoms with Gasteiger partial charge in [0.1, 0.15) is 0 Å². The molecule has 0 heteroatoms. The lowest BCUT2D eigenvalue weighted by atomic mass is 9.91. The van der Waals surface area contributed by atoms with Gasteiger partial charge in [0.2, 0.25) is 0 Å². The maximum absolute atomic E-state index is 2.32. The van der Waals surface area contributed by atoms with Gasteiger partial charge in [-0.25, -0.2) is 0 Å². The van der Waals surface area contributed by atoms with Crippen LogP contribution in [0, 0.1) is 41.7 Å². The van der Waals surface area contributed by atoms with E-state index in [1.807, 2.05) is 0 Å². The predicted molar refractivity (Wildman–Crippen MR) is 166 cm³/mol. The van der Waals surface area contributed by atoms with E-state index in [0.29, 0.717) is 0 Å². The fourth-order valence-electron chi connectivity index (χ4n) is 7.26. The van der Waals surface area contributed by atoms with Gasteiger partial charge in [-0.3, -0.25) is 0 Å². The van der Waals surface area contributed by atoms with Gasteiger partial charge in [-0.1, -0.05) is 146 Å². The van der Waals surface area contributed by atoms with E-state index in [1.54, 1.807) is 0 Å². The van der Waals surface area contributed by atoms with E-state index in [9.17, 15) is 0 Å². The van der Waals surface area contributed by atoms with Crippen LogP contribution in [0.5, 0.6) is 0 Å². The summed E-state index contributed by atoms with van der Waals surface area (Å²) in [4.78, 5) is 0. The molecule has 0 nitrogen and oxygen atoms in total. The Balaban J connectivity index is 1.98. The van der Waals surface area contributed by atoms with E-state index in [1.165, 1.54) is 84.8 Å². The van der Waals surface area contributed by atoms with Gasteiger partial charge in [0, 0.05) is 0 Å². The second kappa shape index (κ2) is 8.15. The van der Waals surface area contributed by atoms with Gasteiger partial charge < -0.3 is 0 Å². The van der Waals surface area contributed by atoms with Crippen molar-refractivity contribution in [3.63, 3.8) is 0 Å². The first-order valence-corrected chi connectivity index (χ1v) is 14.0. The molecule has 0 atom stereocenters. The Morgan fingerprint density at radius 1 is 0.175 bits per heavy atom. The summed E-state index contributed by atoms with van der Waals surface area (Å²) in [5.74, 6) is 0. The molecule has 0 aliphatic heterocycles. The molecule has 0 radical (unpaired) electrons. The van der Waals surface area contributed by atoms with E-state index in [0.717, 1.165) is 0 Å². The van der Waals surface area contributed by atoms with Crippen LogP contribution in [0.2, 0.25) is 0 Å². The van der Waals surface area contributed by atoms with Crippen LogP contribution in [0.15, 0.2) is 146 Å². The quantitative estimate of drug-likeness (QED) is 0.180. The number of rotatable bonds is 0. The maximum atomic E-state index is 2.32. The van der Waals surface area contributed by atoms with E-state index >= 15 is 0 Å². The average molecular weight is 505 g/mol. The van der Waals surface area contributed by atoms with E-state index < -0.39 is 0 Å². The molecule has 12 rings (SSSR count). The van der Waals surface area contributed by atoms with Crippen molar-refractivity contribution >= 4 is 43.1 Å². The van der Waals surface area contributed by atoms with Crippen LogP contribution in [-0.4, -0.2) is 0 Å². The first-order valence-electron chi connectivity index (χ1n) is 14.0. The van der Waals surface area contributed by atoms with Crippen LogP contribution in [0.4, 0.5) is 0 Å². The minimum atomic E-state index is 1.28. The zero-order valence-electron chi connectivity index (χ0n) is 21.9. The Morgan fingerprint density at radius 2 is 0.325 bits per heavy atom. The Morgan fingerprint density at radius 3 is 0.500 bits per heavy atom. The Bertz CT molecular complexity index is 2250. The van der Waals surface area contributed by atoms with Crippen molar-refractivity contribution < 1.29 is 0 Å². The molecule has 0 saturated carbocycles. The summed E-state index contributed by atoms with van der Waals surface area (Å²) in [6, 6.07) is 54.0. The standard InChI is InChI=1S/C40H24/c1-2-14-26-25(13-1)37-27-15-3-4-16-28(27)38(26)35-23-11-12-24-36(35)40-31-19-7-5-17-29(31)39(30-18-6-8-20-32(30)40)34-22-10-9-21-33(34)37/h1-24H. The summed E-state index contributed by atoms with van der Waals surface area (Å²) in [6.45, 7) is 0. The van der Waals surface area contributed by atoms with E-state index in [2.05, 4.69) is 146 Å². The third-order valence-corrected chi connectivity index (χ3v) is 8.79. The molecule has 0 spiro atoms. The highest BCUT2D eigenvalue weighted by Crippen LogP contribution is 2.33.